The first kappa shape index (κ1) is 12.4. The lowest BCUT2D eigenvalue weighted by Crippen LogP contribution is -2.28. The van der Waals surface area contributed by atoms with Crippen LogP contribution in [0.4, 0.5) is 0 Å². The van der Waals surface area contributed by atoms with Crippen molar-refractivity contribution in [3.05, 3.63) is 34.7 Å². The summed E-state index contributed by atoms with van der Waals surface area (Å²) in [6.07, 6.45) is 2.07. The van der Waals surface area contributed by atoms with E-state index in [9.17, 15) is 4.79 Å². The van der Waals surface area contributed by atoms with Crippen LogP contribution >= 0.6 is 0 Å². The molecule has 1 fully saturated rings. The summed E-state index contributed by atoms with van der Waals surface area (Å²) in [7, 11) is 0. The number of aromatic amines is 1. The Hall–Kier alpha value is -1.59. The zero-order chi connectivity index (χ0) is 13.2. The Kier molecular flexibility index (Phi) is 3.40. The lowest BCUT2D eigenvalue weighted by atomic mass is 10.3. The molecule has 1 atom stereocenters. The van der Waals surface area contributed by atoms with Crippen molar-refractivity contribution in [2.24, 2.45) is 5.73 Å². The molecular formula is C14H20N4O. The van der Waals surface area contributed by atoms with Gasteiger partial charge in [0.05, 0.1) is 11.0 Å². The maximum absolute atomic E-state index is 11.9. The number of hydrogen-bond acceptors (Lipinski definition) is 3. The van der Waals surface area contributed by atoms with Crippen LogP contribution in [0.15, 0.2) is 29.1 Å². The van der Waals surface area contributed by atoms with Crippen LogP contribution in [0.1, 0.15) is 12.8 Å². The van der Waals surface area contributed by atoms with Crippen molar-refractivity contribution < 1.29 is 0 Å². The lowest BCUT2D eigenvalue weighted by Gasteiger charge is -2.14. The summed E-state index contributed by atoms with van der Waals surface area (Å²) in [5, 5.41) is 0. The van der Waals surface area contributed by atoms with Crippen LogP contribution in [0.5, 0.6) is 0 Å². The normalized spacial score (nSPS) is 20.4. The molecule has 1 saturated heterocycles. The first-order chi connectivity index (χ1) is 9.24. The molecule has 19 heavy (non-hydrogen) atoms. The molecule has 0 spiro atoms. The molecule has 5 nitrogen and oxygen atoms in total. The number of hydrogen-bond donors (Lipinski definition) is 2. The molecule has 2 heterocycles. The molecule has 1 aromatic heterocycles. The van der Waals surface area contributed by atoms with Crippen molar-refractivity contribution in [3.63, 3.8) is 0 Å². The minimum atomic E-state index is -0.0145. The fraction of sp³-hybridized carbons (Fsp3) is 0.500. The molecule has 1 aliphatic rings. The maximum atomic E-state index is 11.9. The number of benzene rings is 1. The van der Waals surface area contributed by atoms with E-state index in [1.165, 1.54) is 0 Å². The second-order valence-electron chi connectivity index (χ2n) is 5.30. The van der Waals surface area contributed by atoms with E-state index in [1.807, 2.05) is 28.8 Å². The molecule has 2 aromatic rings. The monoisotopic (exact) mass is 260 g/mol. The van der Waals surface area contributed by atoms with Gasteiger partial charge in [-0.3, -0.25) is 4.57 Å². The fourth-order valence-electron chi connectivity index (χ4n) is 2.85. The largest absolute Gasteiger partial charge is 0.326 e. The van der Waals surface area contributed by atoms with Gasteiger partial charge in [0.2, 0.25) is 0 Å². The molecule has 0 aliphatic carbocycles. The first-order valence-electron chi connectivity index (χ1n) is 6.89. The third-order valence-corrected chi connectivity index (χ3v) is 3.85. The number of nitrogens with zero attached hydrogens (tertiary/aromatic N) is 2. The Morgan fingerprint density at radius 2 is 2.16 bits per heavy atom. The highest BCUT2D eigenvalue weighted by atomic mass is 16.1. The van der Waals surface area contributed by atoms with Crippen molar-refractivity contribution >= 4 is 11.0 Å². The summed E-state index contributed by atoms with van der Waals surface area (Å²) in [6, 6.07) is 8.15. The van der Waals surface area contributed by atoms with Crippen molar-refractivity contribution in [2.45, 2.75) is 25.4 Å². The van der Waals surface area contributed by atoms with Crippen molar-refractivity contribution in [2.75, 3.05) is 19.6 Å². The van der Waals surface area contributed by atoms with E-state index in [4.69, 9.17) is 5.73 Å². The second-order valence-corrected chi connectivity index (χ2v) is 5.30. The zero-order valence-electron chi connectivity index (χ0n) is 11.0. The first-order valence-corrected chi connectivity index (χ1v) is 6.89. The Morgan fingerprint density at radius 1 is 1.32 bits per heavy atom. The van der Waals surface area contributed by atoms with Crippen LogP contribution < -0.4 is 11.4 Å². The number of aromatic nitrogens is 2. The summed E-state index contributed by atoms with van der Waals surface area (Å²) >= 11 is 0. The molecular weight excluding hydrogens is 240 g/mol. The Bertz CT molecular complexity index is 615. The Balaban J connectivity index is 1.65. The third-order valence-electron chi connectivity index (χ3n) is 3.85. The second kappa shape index (κ2) is 5.19. The molecule has 0 bridgehead atoms. The van der Waals surface area contributed by atoms with Gasteiger partial charge in [-0.2, -0.15) is 0 Å². The van der Waals surface area contributed by atoms with Gasteiger partial charge in [-0.15, -0.1) is 0 Å². The third kappa shape index (κ3) is 2.57. The van der Waals surface area contributed by atoms with Gasteiger partial charge in [-0.25, -0.2) is 4.79 Å². The topological polar surface area (TPSA) is 67.0 Å². The minimum absolute atomic E-state index is 0.0145. The number of nitrogens with one attached hydrogen (secondary N) is 1. The van der Waals surface area contributed by atoms with Crippen LogP contribution in [0.25, 0.3) is 11.0 Å². The van der Waals surface area contributed by atoms with Gasteiger partial charge >= 0.3 is 5.69 Å². The number of aryl methyl sites for hydroxylation is 1. The maximum Gasteiger partial charge on any atom is 0.326 e. The van der Waals surface area contributed by atoms with Gasteiger partial charge in [0, 0.05) is 19.1 Å². The van der Waals surface area contributed by atoms with E-state index in [2.05, 4.69) is 9.88 Å². The quantitative estimate of drug-likeness (QED) is 0.852. The van der Waals surface area contributed by atoms with Gasteiger partial charge in [0.25, 0.3) is 0 Å². The van der Waals surface area contributed by atoms with Gasteiger partial charge in [0.1, 0.15) is 0 Å². The number of rotatable bonds is 4. The molecule has 0 unspecified atom stereocenters. The van der Waals surface area contributed by atoms with E-state index in [0.717, 1.165) is 50.1 Å². The predicted octanol–water partition coefficient (Wildman–Crippen LogP) is 0.753. The summed E-state index contributed by atoms with van der Waals surface area (Å²) in [5.41, 5.74) is 7.78. The molecule has 0 amide bonds. The van der Waals surface area contributed by atoms with Crippen molar-refractivity contribution in [1.82, 2.24) is 14.5 Å². The molecule has 5 heteroatoms. The van der Waals surface area contributed by atoms with Gasteiger partial charge < -0.3 is 15.6 Å². The van der Waals surface area contributed by atoms with Gasteiger partial charge in [-0.1, -0.05) is 12.1 Å². The summed E-state index contributed by atoms with van der Waals surface area (Å²) in [5.74, 6) is 0. The molecule has 3 N–H and O–H groups in total. The number of likely N-dealkylation sites (tertiary alicyclic amines) is 1. The fourth-order valence-corrected chi connectivity index (χ4v) is 2.85. The summed E-state index contributed by atoms with van der Waals surface area (Å²) in [6.45, 7) is 3.85. The van der Waals surface area contributed by atoms with Crippen LogP contribution in [-0.2, 0) is 6.54 Å². The predicted molar refractivity (Wildman–Crippen MR) is 76.2 cm³/mol. The van der Waals surface area contributed by atoms with E-state index in [0.29, 0.717) is 6.04 Å². The standard InChI is InChI=1S/C14H20N4O/c15-11-6-9-17(10-11)7-3-8-18-13-5-2-1-4-12(13)16-14(18)19/h1-2,4-5,11H,3,6-10,15H2,(H,16,19)/t11-/m1/s1. The van der Waals surface area contributed by atoms with E-state index >= 15 is 0 Å². The molecule has 3 rings (SSSR count). The Morgan fingerprint density at radius 3 is 2.95 bits per heavy atom. The van der Waals surface area contributed by atoms with Gasteiger partial charge in [-0.05, 0) is 38.1 Å². The number of imidazole rings is 1. The average Bonchev–Trinajstić information content (AvgIpc) is 2.94. The summed E-state index contributed by atoms with van der Waals surface area (Å²) in [4.78, 5) is 17.2. The van der Waals surface area contributed by atoms with Crippen LogP contribution in [0.2, 0.25) is 0 Å². The van der Waals surface area contributed by atoms with Crippen LogP contribution in [0.3, 0.4) is 0 Å². The van der Waals surface area contributed by atoms with E-state index < -0.39 is 0 Å². The van der Waals surface area contributed by atoms with Crippen molar-refractivity contribution in [1.29, 1.82) is 0 Å². The smallest absolute Gasteiger partial charge is 0.326 e. The number of nitrogens with two attached hydrogens (primary N) is 1. The molecule has 1 aromatic carbocycles. The van der Waals surface area contributed by atoms with Crippen LogP contribution in [-0.4, -0.2) is 40.1 Å². The van der Waals surface area contributed by atoms with Gasteiger partial charge in [0.15, 0.2) is 0 Å². The average molecular weight is 260 g/mol. The highest BCUT2D eigenvalue weighted by Crippen LogP contribution is 2.11. The van der Waals surface area contributed by atoms with Crippen LogP contribution in [0, 0.1) is 0 Å². The Labute approximate surface area is 112 Å². The molecule has 0 radical (unpaired) electrons. The molecule has 102 valence electrons. The molecule has 0 saturated carbocycles. The van der Waals surface area contributed by atoms with E-state index in [-0.39, 0.29) is 5.69 Å². The highest BCUT2D eigenvalue weighted by Gasteiger charge is 2.18. The molecule has 1 aliphatic heterocycles. The zero-order valence-corrected chi connectivity index (χ0v) is 11.0. The van der Waals surface area contributed by atoms with Crippen molar-refractivity contribution in [3.8, 4) is 0 Å². The lowest BCUT2D eigenvalue weighted by molar-refractivity contribution is 0.321. The number of para-hydroxylation sites is 2. The highest BCUT2D eigenvalue weighted by molar-refractivity contribution is 5.74. The van der Waals surface area contributed by atoms with E-state index in [1.54, 1.807) is 0 Å². The number of fused-ring (bicyclic) bond motifs is 1. The number of H-pyrrole nitrogens is 1. The summed E-state index contributed by atoms with van der Waals surface area (Å²) < 4.78 is 1.82. The SMILES string of the molecule is N[C@@H]1CCN(CCCn2c(=O)[nH]c3ccccc32)C1. The minimum Gasteiger partial charge on any atom is -0.326 e.